The number of carbonyl (C=O) groups is 3. The maximum absolute atomic E-state index is 12.6. The number of nitrogens with two attached hydrogens (primary N) is 1. The van der Waals surface area contributed by atoms with Gasteiger partial charge in [-0.25, -0.2) is 4.79 Å². The Morgan fingerprint density at radius 1 is 1.41 bits per heavy atom. The molecule has 2 amide bonds. The van der Waals surface area contributed by atoms with E-state index in [0.717, 1.165) is 0 Å². The molecule has 4 N–H and O–H groups in total. The predicted octanol–water partition coefficient (Wildman–Crippen LogP) is 0.0468. The van der Waals surface area contributed by atoms with Crippen LogP contribution in [0.15, 0.2) is 18.2 Å². The number of para-hydroxylation sites is 1. The minimum atomic E-state index is -1.05. The molecule has 0 saturated carbocycles. The standard InChI is InChI=1S/C17H19N3O6S/c1-17(2)12(16(23)24)20-14(22)10(15(20)27-17)19-13(21)9(18)7-4-3-5-8-11(7)26-6-25-8/h3-5,9-10,12,15H,6,18H2,1-2H3,(H,19,21)(H,23,24)/t9?,10-,12+,15-/m1/s1. The van der Waals surface area contributed by atoms with E-state index in [0.29, 0.717) is 17.1 Å². The molecule has 1 aromatic carbocycles. The molecule has 27 heavy (non-hydrogen) atoms. The van der Waals surface area contributed by atoms with Crippen molar-refractivity contribution < 1.29 is 29.0 Å². The first kappa shape index (κ1) is 17.9. The van der Waals surface area contributed by atoms with Crippen LogP contribution in [-0.2, 0) is 14.4 Å². The average Bonchev–Trinajstić information content (AvgIpc) is 3.18. The lowest BCUT2D eigenvalue weighted by Crippen LogP contribution is -2.71. The summed E-state index contributed by atoms with van der Waals surface area (Å²) < 4.78 is 10.0. The molecule has 10 heteroatoms. The number of hydrogen-bond donors (Lipinski definition) is 3. The monoisotopic (exact) mass is 393 g/mol. The molecule has 0 spiro atoms. The molecule has 2 saturated heterocycles. The van der Waals surface area contributed by atoms with E-state index in [4.69, 9.17) is 15.2 Å². The van der Waals surface area contributed by atoms with E-state index < -0.39 is 46.0 Å². The molecule has 144 valence electrons. The van der Waals surface area contributed by atoms with Crippen molar-refractivity contribution in [3.63, 3.8) is 0 Å². The highest BCUT2D eigenvalue weighted by molar-refractivity contribution is 8.01. The first-order chi connectivity index (χ1) is 12.7. The summed E-state index contributed by atoms with van der Waals surface area (Å²) in [6.07, 6.45) is 0. The number of carboxylic acids is 1. The molecule has 0 radical (unpaired) electrons. The van der Waals surface area contributed by atoms with E-state index in [1.807, 2.05) is 0 Å². The van der Waals surface area contributed by atoms with Crippen molar-refractivity contribution in [2.24, 2.45) is 5.73 Å². The van der Waals surface area contributed by atoms with Crippen molar-refractivity contribution in [2.75, 3.05) is 6.79 Å². The summed E-state index contributed by atoms with van der Waals surface area (Å²) in [4.78, 5) is 38.0. The highest BCUT2D eigenvalue weighted by Gasteiger charge is 2.64. The third-order valence-corrected chi connectivity index (χ3v) is 6.59. The minimum absolute atomic E-state index is 0.0567. The van der Waals surface area contributed by atoms with E-state index in [-0.39, 0.29) is 6.79 Å². The van der Waals surface area contributed by atoms with Crippen LogP contribution in [-0.4, -0.2) is 56.8 Å². The van der Waals surface area contributed by atoms with Crippen molar-refractivity contribution in [1.82, 2.24) is 10.2 Å². The zero-order valence-corrected chi connectivity index (χ0v) is 15.5. The largest absolute Gasteiger partial charge is 0.480 e. The lowest BCUT2D eigenvalue weighted by molar-refractivity contribution is -0.161. The first-order valence-corrected chi connectivity index (χ1v) is 9.27. The minimum Gasteiger partial charge on any atom is -0.480 e. The summed E-state index contributed by atoms with van der Waals surface area (Å²) in [7, 11) is 0. The predicted molar refractivity (Wildman–Crippen MR) is 95.2 cm³/mol. The Hall–Kier alpha value is -2.46. The van der Waals surface area contributed by atoms with E-state index in [1.54, 1.807) is 32.0 Å². The Morgan fingerprint density at radius 2 is 2.15 bits per heavy atom. The van der Waals surface area contributed by atoms with Crippen LogP contribution in [0.1, 0.15) is 25.5 Å². The SMILES string of the molecule is CC1(C)S[C@@H]2[C@H](NC(=O)C(N)c3cccc4c3OCO4)C(=O)N2[C@H]1C(=O)O. The van der Waals surface area contributed by atoms with Crippen LogP contribution in [0.25, 0.3) is 0 Å². The summed E-state index contributed by atoms with van der Waals surface area (Å²) in [6, 6.07) is 2.32. The second-order valence-electron chi connectivity index (χ2n) is 7.14. The van der Waals surface area contributed by atoms with Gasteiger partial charge >= 0.3 is 5.97 Å². The molecule has 4 rings (SSSR count). The molecule has 3 aliphatic rings. The van der Waals surface area contributed by atoms with Crippen LogP contribution in [0.5, 0.6) is 11.5 Å². The molecule has 9 nitrogen and oxygen atoms in total. The van der Waals surface area contributed by atoms with Gasteiger partial charge in [-0.1, -0.05) is 12.1 Å². The van der Waals surface area contributed by atoms with Gasteiger partial charge < -0.3 is 30.5 Å². The Morgan fingerprint density at radius 3 is 2.85 bits per heavy atom. The Balaban J connectivity index is 1.49. The normalized spacial score (nSPS) is 28.3. The third kappa shape index (κ3) is 2.62. The number of thioether (sulfide) groups is 1. The van der Waals surface area contributed by atoms with Gasteiger partial charge in [-0.3, -0.25) is 9.59 Å². The maximum atomic E-state index is 12.6. The lowest BCUT2D eigenvalue weighted by Gasteiger charge is -2.43. The van der Waals surface area contributed by atoms with Crippen molar-refractivity contribution in [2.45, 2.75) is 42.1 Å². The smallest absolute Gasteiger partial charge is 0.327 e. The summed E-state index contributed by atoms with van der Waals surface area (Å²) >= 11 is 1.36. The van der Waals surface area contributed by atoms with Crippen LogP contribution in [0.2, 0.25) is 0 Å². The summed E-state index contributed by atoms with van der Waals surface area (Å²) in [5, 5.41) is 11.7. The number of nitrogens with zero attached hydrogens (tertiary/aromatic N) is 1. The van der Waals surface area contributed by atoms with Gasteiger partial charge in [0.25, 0.3) is 0 Å². The van der Waals surface area contributed by atoms with Crippen molar-refractivity contribution in [3.8, 4) is 11.5 Å². The first-order valence-electron chi connectivity index (χ1n) is 8.39. The van der Waals surface area contributed by atoms with Gasteiger partial charge in [0.1, 0.15) is 23.5 Å². The van der Waals surface area contributed by atoms with Gasteiger partial charge in [0.15, 0.2) is 11.5 Å². The van der Waals surface area contributed by atoms with Crippen molar-refractivity contribution in [1.29, 1.82) is 0 Å². The molecule has 1 aromatic rings. The number of carboxylic acid groups (broad SMARTS) is 1. The topological polar surface area (TPSA) is 131 Å². The van der Waals surface area contributed by atoms with Gasteiger partial charge in [0.2, 0.25) is 18.6 Å². The molecule has 0 aliphatic carbocycles. The lowest BCUT2D eigenvalue weighted by atomic mass is 9.95. The van der Waals surface area contributed by atoms with Gasteiger partial charge in [-0.05, 0) is 19.9 Å². The fourth-order valence-electron chi connectivity index (χ4n) is 3.73. The molecular formula is C17H19N3O6S. The number of nitrogens with one attached hydrogen (secondary N) is 1. The Labute approximate surface area is 159 Å². The molecular weight excluding hydrogens is 374 g/mol. The molecule has 2 fully saturated rings. The number of carbonyl (C=O) groups excluding carboxylic acids is 2. The number of benzene rings is 1. The number of ether oxygens (including phenoxy) is 2. The zero-order valence-electron chi connectivity index (χ0n) is 14.7. The molecule has 0 bridgehead atoms. The van der Waals surface area contributed by atoms with Crippen molar-refractivity contribution in [3.05, 3.63) is 23.8 Å². The van der Waals surface area contributed by atoms with Gasteiger partial charge in [0.05, 0.1) is 0 Å². The zero-order chi connectivity index (χ0) is 19.5. The van der Waals surface area contributed by atoms with E-state index in [9.17, 15) is 19.5 Å². The highest BCUT2D eigenvalue weighted by atomic mass is 32.2. The number of hydrogen-bond acceptors (Lipinski definition) is 7. The molecule has 1 unspecified atom stereocenters. The average molecular weight is 393 g/mol. The Bertz CT molecular complexity index is 844. The van der Waals surface area contributed by atoms with Crippen LogP contribution in [0.4, 0.5) is 0 Å². The Kier molecular flexibility index (Phi) is 4.00. The van der Waals surface area contributed by atoms with Crippen LogP contribution >= 0.6 is 11.8 Å². The number of amides is 2. The summed E-state index contributed by atoms with van der Waals surface area (Å²) in [5.74, 6) is -1.07. The molecule has 3 aliphatic heterocycles. The van der Waals surface area contributed by atoms with Crippen molar-refractivity contribution >= 4 is 29.5 Å². The van der Waals surface area contributed by atoms with Crippen LogP contribution in [0.3, 0.4) is 0 Å². The second kappa shape index (κ2) is 6.03. The maximum Gasteiger partial charge on any atom is 0.327 e. The third-order valence-electron chi connectivity index (χ3n) is 5.02. The summed E-state index contributed by atoms with van der Waals surface area (Å²) in [5.41, 5.74) is 6.54. The van der Waals surface area contributed by atoms with Gasteiger partial charge in [0, 0.05) is 10.3 Å². The number of rotatable bonds is 4. The van der Waals surface area contributed by atoms with E-state index in [1.165, 1.54) is 16.7 Å². The molecule has 3 heterocycles. The highest BCUT2D eigenvalue weighted by Crippen LogP contribution is 2.50. The van der Waals surface area contributed by atoms with E-state index >= 15 is 0 Å². The van der Waals surface area contributed by atoms with Crippen LogP contribution in [0, 0.1) is 0 Å². The molecule has 0 aromatic heterocycles. The fraction of sp³-hybridized carbons (Fsp3) is 0.471. The number of fused-ring (bicyclic) bond motifs is 2. The van der Waals surface area contributed by atoms with Gasteiger partial charge in [-0.2, -0.15) is 0 Å². The van der Waals surface area contributed by atoms with E-state index in [2.05, 4.69) is 5.32 Å². The summed E-state index contributed by atoms with van der Waals surface area (Å²) in [6.45, 7) is 3.61. The number of β-lactam (4-membered cyclic amide) rings is 1. The molecule has 4 atom stereocenters. The second-order valence-corrected chi connectivity index (χ2v) is 8.91. The quantitative estimate of drug-likeness (QED) is 0.612. The van der Waals surface area contributed by atoms with Gasteiger partial charge in [-0.15, -0.1) is 11.8 Å². The van der Waals surface area contributed by atoms with Crippen LogP contribution < -0.4 is 20.5 Å². The fourth-order valence-corrected chi connectivity index (χ4v) is 5.35. The number of aliphatic carboxylic acids is 1.